The highest BCUT2D eigenvalue weighted by Gasteiger charge is 2.04. The van der Waals surface area contributed by atoms with Crippen LogP contribution in [0.2, 0.25) is 0 Å². The lowest BCUT2D eigenvalue weighted by Gasteiger charge is -2.06. The second-order valence-corrected chi connectivity index (χ2v) is 4.33. The maximum Gasteiger partial charge on any atom is 0.337 e. The van der Waals surface area contributed by atoms with Crippen molar-refractivity contribution in [2.24, 2.45) is 5.10 Å². The van der Waals surface area contributed by atoms with E-state index in [0.717, 1.165) is 23.4 Å². The number of nitrogens with zero attached hydrogens (tertiary/aromatic N) is 2. The van der Waals surface area contributed by atoms with Crippen LogP contribution in [-0.2, 0) is 4.74 Å². The van der Waals surface area contributed by atoms with Gasteiger partial charge in [0.15, 0.2) is 0 Å². The minimum atomic E-state index is -0.352. The van der Waals surface area contributed by atoms with E-state index in [0.29, 0.717) is 5.56 Å². The van der Waals surface area contributed by atoms with Crippen molar-refractivity contribution in [1.29, 1.82) is 0 Å². The van der Waals surface area contributed by atoms with Gasteiger partial charge in [-0.25, -0.2) is 4.79 Å². The van der Waals surface area contributed by atoms with Crippen molar-refractivity contribution < 1.29 is 9.53 Å². The van der Waals surface area contributed by atoms with E-state index in [1.165, 1.54) is 7.11 Å². The summed E-state index contributed by atoms with van der Waals surface area (Å²) in [6.07, 6.45) is 4.30. The Kier molecular flexibility index (Phi) is 5.04. The lowest BCUT2D eigenvalue weighted by atomic mass is 10.1. The molecule has 0 saturated carbocycles. The highest BCUT2D eigenvalue weighted by Crippen LogP contribution is 2.11. The van der Waals surface area contributed by atoms with Gasteiger partial charge in [0, 0.05) is 18.0 Å². The van der Waals surface area contributed by atoms with Crippen molar-refractivity contribution in [2.75, 3.05) is 12.5 Å². The zero-order valence-electron chi connectivity index (χ0n) is 12.0. The zero-order chi connectivity index (χ0) is 15.1. The molecule has 0 unspecified atom stereocenters. The highest BCUT2D eigenvalue weighted by molar-refractivity contribution is 6.00. The summed E-state index contributed by atoms with van der Waals surface area (Å²) in [7, 11) is 1.36. The summed E-state index contributed by atoms with van der Waals surface area (Å²) in [6, 6.07) is 10.8. The van der Waals surface area contributed by atoms with Crippen LogP contribution in [0.3, 0.4) is 0 Å². The number of hydrogen-bond donors (Lipinski definition) is 1. The molecule has 0 radical (unpaired) electrons. The lowest BCUT2D eigenvalue weighted by Crippen LogP contribution is -2.04. The minimum Gasteiger partial charge on any atom is -0.465 e. The Balaban J connectivity index is 2.10. The molecule has 108 valence electrons. The predicted octanol–water partition coefficient (Wildman–Crippen LogP) is 3.09. The number of rotatable bonds is 5. The minimum absolute atomic E-state index is 0.352. The van der Waals surface area contributed by atoms with Gasteiger partial charge < -0.3 is 4.74 Å². The van der Waals surface area contributed by atoms with Gasteiger partial charge in [0.1, 0.15) is 0 Å². The van der Waals surface area contributed by atoms with Crippen LogP contribution in [0.4, 0.5) is 5.69 Å². The number of benzene rings is 1. The van der Waals surface area contributed by atoms with Crippen molar-refractivity contribution in [3.05, 3.63) is 59.9 Å². The smallest absolute Gasteiger partial charge is 0.337 e. The van der Waals surface area contributed by atoms with Crippen molar-refractivity contribution in [3.8, 4) is 0 Å². The number of anilines is 1. The van der Waals surface area contributed by atoms with Crippen LogP contribution < -0.4 is 5.43 Å². The molecule has 1 aromatic heterocycles. The van der Waals surface area contributed by atoms with Crippen LogP contribution in [0.1, 0.15) is 29.3 Å². The third kappa shape index (κ3) is 3.89. The molecule has 0 fully saturated rings. The summed E-state index contributed by atoms with van der Waals surface area (Å²) in [6.45, 7) is 2.04. The first-order valence-electron chi connectivity index (χ1n) is 6.66. The third-order valence-electron chi connectivity index (χ3n) is 2.96. The molecule has 2 rings (SSSR count). The molecule has 1 heterocycles. The first kappa shape index (κ1) is 14.7. The van der Waals surface area contributed by atoms with E-state index in [-0.39, 0.29) is 5.97 Å². The molecular weight excluding hydrogens is 266 g/mol. The van der Waals surface area contributed by atoms with Gasteiger partial charge in [-0.2, -0.15) is 5.10 Å². The van der Waals surface area contributed by atoms with Crippen LogP contribution in [-0.4, -0.2) is 23.8 Å². The Morgan fingerprint density at radius 3 is 2.57 bits per heavy atom. The summed E-state index contributed by atoms with van der Waals surface area (Å²) >= 11 is 0. The number of carbonyl (C=O) groups is 1. The number of methoxy groups -OCH3 is 1. The van der Waals surface area contributed by atoms with Crippen LogP contribution in [0.15, 0.2) is 53.9 Å². The Morgan fingerprint density at radius 2 is 2.00 bits per heavy atom. The first-order chi connectivity index (χ1) is 10.2. The molecule has 5 heteroatoms. The second-order valence-electron chi connectivity index (χ2n) is 4.33. The average molecular weight is 283 g/mol. The van der Waals surface area contributed by atoms with Gasteiger partial charge in [0.25, 0.3) is 0 Å². The van der Waals surface area contributed by atoms with E-state index in [9.17, 15) is 4.79 Å². The number of ether oxygens (including phenoxy) is 1. The van der Waals surface area contributed by atoms with E-state index in [2.05, 4.69) is 20.2 Å². The lowest BCUT2D eigenvalue weighted by molar-refractivity contribution is 0.0601. The quantitative estimate of drug-likeness (QED) is 0.520. The molecule has 0 aliphatic heterocycles. The monoisotopic (exact) mass is 283 g/mol. The summed E-state index contributed by atoms with van der Waals surface area (Å²) in [4.78, 5) is 15.4. The summed E-state index contributed by atoms with van der Waals surface area (Å²) in [5.74, 6) is -0.352. The van der Waals surface area contributed by atoms with E-state index >= 15 is 0 Å². The van der Waals surface area contributed by atoms with E-state index in [1.807, 2.05) is 19.1 Å². The van der Waals surface area contributed by atoms with E-state index < -0.39 is 0 Å². The second kappa shape index (κ2) is 7.19. The molecule has 0 aliphatic carbocycles. The van der Waals surface area contributed by atoms with E-state index in [1.54, 1.807) is 36.7 Å². The van der Waals surface area contributed by atoms with Crippen LogP contribution >= 0.6 is 0 Å². The van der Waals surface area contributed by atoms with Gasteiger partial charge in [-0.05, 0) is 36.8 Å². The Bertz CT molecular complexity index is 622. The van der Waals surface area contributed by atoms with Gasteiger partial charge in [-0.3, -0.25) is 10.4 Å². The molecule has 0 aliphatic rings. The van der Waals surface area contributed by atoms with Crippen molar-refractivity contribution in [1.82, 2.24) is 4.98 Å². The normalized spacial score (nSPS) is 11.0. The van der Waals surface area contributed by atoms with Crippen molar-refractivity contribution >= 4 is 17.4 Å². The standard InChI is InChI=1S/C16H17N3O2/c1-3-15(13-5-4-10-17-11-13)19-18-14-8-6-12(7-9-14)16(20)21-2/h4-11,18H,3H2,1-2H3. The number of nitrogens with one attached hydrogen (secondary N) is 1. The molecule has 0 saturated heterocycles. The maximum absolute atomic E-state index is 11.3. The SMILES string of the molecule is CCC(=NNc1ccc(C(=O)OC)cc1)c1cccnc1. The zero-order valence-corrected chi connectivity index (χ0v) is 12.0. The molecule has 0 amide bonds. The molecule has 1 N–H and O–H groups in total. The fraction of sp³-hybridized carbons (Fsp3) is 0.188. The fourth-order valence-electron chi connectivity index (χ4n) is 1.81. The summed E-state index contributed by atoms with van der Waals surface area (Å²) < 4.78 is 4.66. The Hall–Kier alpha value is -2.69. The van der Waals surface area contributed by atoms with Crippen molar-refractivity contribution in [2.45, 2.75) is 13.3 Å². The number of hydrazone groups is 1. The number of carbonyl (C=O) groups excluding carboxylic acids is 1. The molecule has 0 bridgehead atoms. The number of pyridine rings is 1. The van der Waals surface area contributed by atoms with Crippen LogP contribution in [0, 0.1) is 0 Å². The van der Waals surface area contributed by atoms with Crippen molar-refractivity contribution in [3.63, 3.8) is 0 Å². The molecule has 1 aromatic carbocycles. The highest BCUT2D eigenvalue weighted by atomic mass is 16.5. The van der Waals surface area contributed by atoms with E-state index in [4.69, 9.17) is 0 Å². The Morgan fingerprint density at radius 1 is 1.24 bits per heavy atom. The molecule has 0 atom stereocenters. The van der Waals surface area contributed by atoms with Gasteiger partial charge >= 0.3 is 5.97 Å². The predicted molar refractivity (Wildman–Crippen MR) is 82.5 cm³/mol. The fourth-order valence-corrected chi connectivity index (χ4v) is 1.81. The molecule has 5 nitrogen and oxygen atoms in total. The summed E-state index contributed by atoms with van der Waals surface area (Å²) in [5, 5.41) is 4.39. The molecule has 2 aromatic rings. The molecule has 0 spiro atoms. The molecule has 21 heavy (non-hydrogen) atoms. The number of aromatic nitrogens is 1. The van der Waals surface area contributed by atoms with Gasteiger partial charge in [0.2, 0.25) is 0 Å². The van der Waals surface area contributed by atoms with Gasteiger partial charge in [-0.1, -0.05) is 13.0 Å². The topological polar surface area (TPSA) is 63.6 Å². The number of esters is 1. The van der Waals surface area contributed by atoms with Crippen LogP contribution in [0.25, 0.3) is 0 Å². The largest absolute Gasteiger partial charge is 0.465 e. The van der Waals surface area contributed by atoms with Gasteiger partial charge in [0.05, 0.1) is 24.1 Å². The summed E-state index contributed by atoms with van der Waals surface area (Å²) in [5.41, 5.74) is 6.20. The number of hydrogen-bond acceptors (Lipinski definition) is 5. The van der Waals surface area contributed by atoms with Crippen LogP contribution in [0.5, 0.6) is 0 Å². The average Bonchev–Trinajstić information content (AvgIpc) is 2.56. The molecular formula is C16H17N3O2. The third-order valence-corrected chi connectivity index (χ3v) is 2.96. The van der Waals surface area contributed by atoms with Gasteiger partial charge in [-0.15, -0.1) is 0 Å². The first-order valence-corrected chi connectivity index (χ1v) is 6.66. The maximum atomic E-state index is 11.3. The Labute approximate surface area is 123 Å².